The van der Waals surface area contributed by atoms with Gasteiger partial charge in [-0.05, 0) is 54.0 Å². The molecule has 0 unspecified atom stereocenters. The van der Waals surface area contributed by atoms with Crippen molar-refractivity contribution in [2.24, 2.45) is 0 Å². The van der Waals surface area contributed by atoms with Crippen LogP contribution in [-0.4, -0.2) is 44.4 Å². The van der Waals surface area contributed by atoms with Gasteiger partial charge in [-0.15, -0.1) is 0 Å². The number of imidazole rings is 1. The lowest BCUT2D eigenvalue weighted by Gasteiger charge is -2.27. The van der Waals surface area contributed by atoms with Crippen molar-refractivity contribution < 1.29 is 23.8 Å². The van der Waals surface area contributed by atoms with Gasteiger partial charge >= 0.3 is 12.1 Å². The second kappa shape index (κ2) is 11.9. The summed E-state index contributed by atoms with van der Waals surface area (Å²) in [5, 5.41) is 3.65. The van der Waals surface area contributed by atoms with E-state index >= 15 is 0 Å². The smallest absolute Gasteiger partial charge is 0.413 e. The summed E-state index contributed by atoms with van der Waals surface area (Å²) in [7, 11) is 0. The van der Waals surface area contributed by atoms with E-state index in [0.717, 1.165) is 30.2 Å². The zero-order chi connectivity index (χ0) is 27.2. The molecule has 0 radical (unpaired) electrons. The highest BCUT2D eigenvalue weighted by Crippen LogP contribution is 2.32. The summed E-state index contributed by atoms with van der Waals surface area (Å²) < 4.78 is 19.1. The Morgan fingerprint density at radius 1 is 1.00 bits per heavy atom. The zero-order valence-electron chi connectivity index (χ0n) is 23.1. The molecule has 9 heteroatoms. The van der Waals surface area contributed by atoms with E-state index in [0.29, 0.717) is 42.2 Å². The van der Waals surface area contributed by atoms with Gasteiger partial charge in [0.25, 0.3) is 0 Å². The molecule has 0 fully saturated rings. The molecular formula is C28H40N4O5. The second-order valence-corrected chi connectivity index (χ2v) is 10.7. The molecule has 202 valence electrons. The molecular weight excluding hydrogens is 472 g/mol. The lowest BCUT2D eigenvalue weighted by molar-refractivity contribution is -0.157. The molecule has 0 saturated carbocycles. The summed E-state index contributed by atoms with van der Waals surface area (Å²) in [6.07, 6.45) is 2.63. The first kappa shape index (κ1) is 28.4. The fourth-order valence-electron chi connectivity index (χ4n) is 4.13. The predicted molar refractivity (Wildman–Crippen MR) is 145 cm³/mol. The fourth-order valence-corrected chi connectivity index (χ4v) is 4.13. The number of rotatable bonds is 11. The van der Waals surface area contributed by atoms with Crippen LogP contribution in [-0.2, 0) is 32.2 Å². The van der Waals surface area contributed by atoms with Crippen molar-refractivity contribution >= 4 is 39.8 Å². The average molecular weight is 513 g/mol. The molecule has 37 heavy (non-hydrogen) atoms. The number of benzene rings is 1. The van der Waals surface area contributed by atoms with Crippen molar-refractivity contribution in [3.05, 3.63) is 30.1 Å². The van der Waals surface area contributed by atoms with Crippen LogP contribution in [0, 0.1) is 0 Å². The van der Waals surface area contributed by atoms with Crippen LogP contribution in [0.5, 0.6) is 0 Å². The van der Waals surface area contributed by atoms with Crippen molar-refractivity contribution in [1.29, 1.82) is 0 Å². The lowest BCUT2D eigenvalue weighted by Crippen LogP contribution is -2.34. The predicted octanol–water partition coefficient (Wildman–Crippen LogP) is 6.37. The number of pyridine rings is 1. The molecule has 3 aromatic rings. The second-order valence-electron chi connectivity index (χ2n) is 10.7. The topological polar surface area (TPSA) is 105 Å². The largest absolute Gasteiger partial charge is 0.458 e. The van der Waals surface area contributed by atoms with E-state index in [4.69, 9.17) is 19.2 Å². The Morgan fingerprint density at radius 2 is 1.73 bits per heavy atom. The van der Waals surface area contributed by atoms with Gasteiger partial charge in [0, 0.05) is 18.4 Å². The van der Waals surface area contributed by atoms with E-state index in [1.54, 1.807) is 20.8 Å². The summed E-state index contributed by atoms with van der Waals surface area (Å²) in [4.78, 5) is 34.7. The standard InChI is InChI=1S/C28H40N4O5/c1-8-10-11-16-22(33)36-28(6,7)18-32-21(17-35-9-2)30-23-24(32)19-14-12-13-15-20(19)29-25(23)31-26(34)37-27(3,4)5/h12-15H,8-11,16-18H2,1-7H3,(H,29,31,34). The minimum atomic E-state index is -0.805. The van der Waals surface area contributed by atoms with Crippen LogP contribution in [0.2, 0.25) is 0 Å². The number of ether oxygens (including phenoxy) is 3. The summed E-state index contributed by atoms with van der Waals surface area (Å²) in [6, 6.07) is 7.67. The molecule has 0 aliphatic rings. The highest BCUT2D eigenvalue weighted by Gasteiger charge is 2.28. The molecule has 0 atom stereocenters. The highest BCUT2D eigenvalue weighted by molar-refractivity contribution is 6.09. The number of para-hydroxylation sites is 1. The third-order valence-electron chi connectivity index (χ3n) is 5.63. The minimum absolute atomic E-state index is 0.215. The molecule has 0 saturated heterocycles. The number of esters is 1. The number of carbonyl (C=O) groups is 2. The summed E-state index contributed by atoms with van der Waals surface area (Å²) in [6.45, 7) is 14.3. The molecule has 9 nitrogen and oxygen atoms in total. The normalized spacial score (nSPS) is 12.2. The number of hydrogen-bond donors (Lipinski definition) is 1. The SMILES string of the molecule is CCCCCC(=O)OC(C)(C)Cn1c(COCC)nc2c(NC(=O)OC(C)(C)C)nc3ccccc3c21. The number of unbranched alkanes of at least 4 members (excludes halogenated alkanes) is 2. The average Bonchev–Trinajstić information content (AvgIpc) is 3.14. The summed E-state index contributed by atoms with van der Waals surface area (Å²) >= 11 is 0. The maximum Gasteiger partial charge on any atom is 0.413 e. The number of carbonyl (C=O) groups excluding carboxylic acids is 2. The molecule has 0 aliphatic heterocycles. The van der Waals surface area contributed by atoms with E-state index in [9.17, 15) is 9.59 Å². The number of nitrogens with one attached hydrogen (secondary N) is 1. The highest BCUT2D eigenvalue weighted by atomic mass is 16.6. The first-order chi connectivity index (χ1) is 17.4. The molecule has 0 spiro atoms. The van der Waals surface area contributed by atoms with Crippen molar-refractivity contribution in [1.82, 2.24) is 14.5 Å². The number of hydrogen-bond acceptors (Lipinski definition) is 7. The maximum atomic E-state index is 12.6. The van der Waals surface area contributed by atoms with Gasteiger partial charge in [0.2, 0.25) is 0 Å². The monoisotopic (exact) mass is 512 g/mol. The quantitative estimate of drug-likeness (QED) is 0.235. The molecule has 0 aliphatic carbocycles. The minimum Gasteiger partial charge on any atom is -0.458 e. The Labute approximate surface area is 218 Å². The third kappa shape index (κ3) is 7.64. The van der Waals surface area contributed by atoms with E-state index in [1.807, 2.05) is 49.6 Å². The first-order valence-corrected chi connectivity index (χ1v) is 13.0. The Kier molecular flexibility index (Phi) is 9.12. The molecule has 0 bridgehead atoms. The van der Waals surface area contributed by atoms with Crippen LogP contribution in [0.1, 0.15) is 80.0 Å². The van der Waals surface area contributed by atoms with Gasteiger partial charge in [-0.3, -0.25) is 10.1 Å². The van der Waals surface area contributed by atoms with Crippen LogP contribution >= 0.6 is 0 Å². The molecule has 1 amide bonds. The van der Waals surface area contributed by atoms with Gasteiger partial charge in [-0.1, -0.05) is 38.0 Å². The molecule has 2 heterocycles. The molecule has 1 aromatic carbocycles. The number of amides is 1. The van der Waals surface area contributed by atoms with Gasteiger partial charge in [-0.25, -0.2) is 14.8 Å². The van der Waals surface area contributed by atoms with Gasteiger partial charge in [-0.2, -0.15) is 0 Å². The number of fused-ring (bicyclic) bond motifs is 3. The Hall–Kier alpha value is -3.20. The maximum absolute atomic E-state index is 12.6. The van der Waals surface area contributed by atoms with E-state index < -0.39 is 17.3 Å². The van der Waals surface area contributed by atoms with Gasteiger partial charge in [0.15, 0.2) is 5.82 Å². The number of nitrogens with zero attached hydrogens (tertiary/aromatic N) is 3. The molecule has 3 rings (SSSR count). The van der Waals surface area contributed by atoms with E-state index in [-0.39, 0.29) is 12.6 Å². The van der Waals surface area contributed by atoms with E-state index in [1.165, 1.54) is 0 Å². The Bertz CT molecular complexity index is 1240. The zero-order valence-corrected chi connectivity index (χ0v) is 23.1. The number of anilines is 1. The van der Waals surface area contributed by atoms with Crippen molar-refractivity contribution in [3.8, 4) is 0 Å². The van der Waals surface area contributed by atoms with Crippen LogP contribution < -0.4 is 5.32 Å². The van der Waals surface area contributed by atoms with Crippen molar-refractivity contribution in [3.63, 3.8) is 0 Å². The van der Waals surface area contributed by atoms with Crippen LogP contribution in [0.25, 0.3) is 21.9 Å². The molecule has 1 N–H and O–H groups in total. The van der Waals surface area contributed by atoms with Crippen molar-refractivity contribution in [2.45, 2.75) is 98.5 Å². The van der Waals surface area contributed by atoms with E-state index in [2.05, 4.69) is 17.2 Å². The number of aromatic nitrogens is 3. The summed E-state index contributed by atoms with van der Waals surface area (Å²) in [5.41, 5.74) is 0.524. The van der Waals surface area contributed by atoms with Crippen LogP contribution in [0.4, 0.5) is 10.6 Å². The Morgan fingerprint density at radius 3 is 2.41 bits per heavy atom. The Balaban J connectivity index is 2.08. The summed E-state index contributed by atoms with van der Waals surface area (Å²) in [5.74, 6) is 0.735. The fraction of sp³-hybridized carbons (Fsp3) is 0.571. The van der Waals surface area contributed by atoms with Crippen LogP contribution in [0.15, 0.2) is 24.3 Å². The van der Waals surface area contributed by atoms with Gasteiger partial charge in [0.05, 0.1) is 17.6 Å². The van der Waals surface area contributed by atoms with Gasteiger partial charge < -0.3 is 18.8 Å². The first-order valence-electron chi connectivity index (χ1n) is 13.0. The lowest BCUT2D eigenvalue weighted by atomic mass is 10.1. The third-order valence-corrected chi connectivity index (χ3v) is 5.63. The van der Waals surface area contributed by atoms with Crippen LogP contribution in [0.3, 0.4) is 0 Å². The van der Waals surface area contributed by atoms with Crippen molar-refractivity contribution in [2.75, 3.05) is 11.9 Å². The molecule has 2 aromatic heterocycles. The van der Waals surface area contributed by atoms with Gasteiger partial charge in [0.1, 0.15) is 29.2 Å².